The third kappa shape index (κ3) is 0.719. The number of hydrogen-bond acceptors (Lipinski definition) is 3. The Hall–Kier alpha value is -0.830. The number of nitrogens with one attached hydrogen (secondary N) is 1. The minimum Gasteiger partial charge on any atom is -0.369 e. The van der Waals surface area contributed by atoms with E-state index in [2.05, 4.69) is 15.3 Å². The average molecular weight is 182 g/mol. The highest BCUT2D eigenvalue weighted by Crippen LogP contribution is 2.53. The standard InChI is InChI=1S/C8H8ClN3/c9-7-10-3-5-6(12-7)11-4-8(5)1-2-8/h3H,1-2,4H2,(H,10,11,12). The van der Waals surface area contributed by atoms with Crippen molar-refractivity contribution in [2.24, 2.45) is 0 Å². The smallest absolute Gasteiger partial charge is 0.224 e. The number of hydrogen-bond donors (Lipinski definition) is 1. The predicted molar refractivity (Wildman–Crippen MR) is 46.4 cm³/mol. The molecule has 1 fully saturated rings. The molecule has 0 amide bonds. The molecule has 1 saturated carbocycles. The molecule has 3 rings (SSSR count). The van der Waals surface area contributed by atoms with E-state index < -0.39 is 0 Å². The number of aromatic nitrogens is 2. The first kappa shape index (κ1) is 6.66. The van der Waals surface area contributed by atoms with Gasteiger partial charge >= 0.3 is 0 Å². The van der Waals surface area contributed by atoms with E-state index in [4.69, 9.17) is 11.6 Å². The molecule has 12 heavy (non-hydrogen) atoms. The first-order chi connectivity index (χ1) is 5.80. The van der Waals surface area contributed by atoms with Gasteiger partial charge in [-0.25, -0.2) is 9.97 Å². The summed E-state index contributed by atoms with van der Waals surface area (Å²) in [5.74, 6) is 0.938. The third-order valence-corrected chi connectivity index (χ3v) is 2.96. The van der Waals surface area contributed by atoms with Gasteiger partial charge in [0.2, 0.25) is 5.28 Å². The summed E-state index contributed by atoms with van der Waals surface area (Å²) in [6.45, 7) is 1.01. The highest BCUT2D eigenvalue weighted by atomic mass is 35.5. The van der Waals surface area contributed by atoms with Crippen LogP contribution < -0.4 is 5.32 Å². The Morgan fingerprint density at radius 3 is 3.08 bits per heavy atom. The van der Waals surface area contributed by atoms with Gasteiger partial charge in [0.15, 0.2) is 0 Å². The van der Waals surface area contributed by atoms with Crippen LogP contribution in [-0.2, 0) is 5.41 Å². The molecule has 1 aliphatic carbocycles. The van der Waals surface area contributed by atoms with Crippen LogP contribution in [-0.4, -0.2) is 16.5 Å². The second kappa shape index (κ2) is 1.91. The lowest BCUT2D eigenvalue weighted by Crippen LogP contribution is -2.08. The van der Waals surface area contributed by atoms with E-state index in [-0.39, 0.29) is 0 Å². The lowest BCUT2D eigenvalue weighted by Gasteiger charge is -2.02. The van der Waals surface area contributed by atoms with Crippen LogP contribution in [0.25, 0.3) is 0 Å². The van der Waals surface area contributed by atoms with Crippen molar-refractivity contribution in [2.75, 3.05) is 11.9 Å². The van der Waals surface area contributed by atoms with E-state index in [1.807, 2.05) is 6.20 Å². The molecule has 1 aromatic heterocycles. The molecule has 2 heterocycles. The molecular weight excluding hydrogens is 174 g/mol. The van der Waals surface area contributed by atoms with Crippen molar-refractivity contribution in [2.45, 2.75) is 18.3 Å². The van der Waals surface area contributed by atoms with Crippen LogP contribution in [0, 0.1) is 0 Å². The fourth-order valence-corrected chi connectivity index (χ4v) is 1.96. The van der Waals surface area contributed by atoms with Crippen molar-refractivity contribution in [3.05, 3.63) is 17.0 Å². The second-order valence-electron chi connectivity index (χ2n) is 3.54. The van der Waals surface area contributed by atoms with Crippen LogP contribution in [0.2, 0.25) is 5.28 Å². The maximum Gasteiger partial charge on any atom is 0.224 e. The van der Waals surface area contributed by atoms with Crippen LogP contribution in [0.1, 0.15) is 18.4 Å². The maximum absolute atomic E-state index is 5.67. The van der Waals surface area contributed by atoms with Gasteiger partial charge in [0.1, 0.15) is 5.82 Å². The van der Waals surface area contributed by atoms with Gasteiger partial charge in [0.25, 0.3) is 0 Å². The van der Waals surface area contributed by atoms with Crippen LogP contribution in [0.3, 0.4) is 0 Å². The van der Waals surface area contributed by atoms with Crippen molar-refractivity contribution in [1.29, 1.82) is 0 Å². The minimum atomic E-state index is 0.332. The number of rotatable bonds is 0. The zero-order valence-corrected chi connectivity index (χ0v) is 7.23. The molecule has 4 heteroatoms. The van der Waals surface area contributed by atoms with Gasteiger partial charge < -0.3 is 5.32 Å². The van der Waals surface area contributed by atoms with E-state index in [1.54, 1.807) is 0 Å². The fraction of sp³-hybridized carbons (Fsp3) is 0.500. The lowest BCUT2D eigenvalue weighted by molar-refractivity contribution is 0.773. The van der Waals surface area contributed by atoms with Crippen LogP contribution >= 0.6 is 11.6 Å². The summed E-state index contributed by atoms with van der Waals surface area (Å²) in [5, 5.41) is 3.59. The summed E-state index contributed by atoms with van der Waals surface area (Å²) in [7, 11) is 0. The van der Waals surface area contributed by atoms with Gasteiger partial charge in [0, 0.05) is 23.7 Å². The zero-order chi connectivity index (χ0) is 8.18. The molecule has 0 radical (unpaired) electrons. The molecule has 1 aliphatic heterocycles. The van der Waals surface area contributed by atoms with Gasteiger partial charge in [-0.05, 0) is 24.4 Å². The number of anilines is 1. The molecule has 1 N–H and O–H groups in total. The van der Waals surface area contributed by atoms with Gasteiger partial charge in [-0.3, -0.25) is 0 Å². The Bertz CT molecular complexity index is 346. The molecule has 0 atom stereocenters. The van der Waals surface area contributed by atoms with Crippen molar-refractivity contribution in [3.63, 3.8) is 0 Å². The molecule has 1 aromatic rings. The summed E-state index contributed by atoms with van der Waals surface area (Å²) in [6.07, 6.45) is 4.38. The van der Waals surface area contributed by atoms with Crippen LogP contribution in [0.5, 0.6) is 0 Å². The van der Waals surface area contributed by atoms with E-state index in [0.29, 0.717) is 10.7 Å². The highest BCUT2D eigenvalue weighted by Gasteiger charge is 2.49. The zero-order valence-electron chi connectivity index (χ0n) is 6.47. The Kier molecular flexibility index (Phi) is 1.06. The largest absolute Gasteiger partial charge is 0.369 e. The maximum atomic E-state index is 5.67. The summed E-state index contributed by atoms with van der Waals surface area (Å²) >= 11 is 5.67. The highest BCUT2D eigenvalue weighted by molar-refractivity contribution is 6.28. The van der Waals surface area contributed by atoms with E-state index >= 15 is 0 Å². The molecule has 0 bridgehead atoms. The minimum absolute atomic E-state index is 0.332. The monoisotopic (exact) mass is 181 g/mol. The second-order valence-corrected chi connectivity index (χ2v) is 3.87. The van der Waals surface area contributed by atoms with E-state index in [0.717, 1.165) is 12.4 Å². The molecule has 3 nitrogen and oxygen atoms in total. The van der Waals surface area contributed by atoms with Gasteiger partial charge in [-0.15, -0.1) is 0 Å². The SMILES string of the molecule is Clc1ncc2c(n1)NCC21CC1. The molecule has 0 saturated heterocycles. The van der Waals surface area contributed by atoms with Crippen molar-refractivity contribution >= 4 is 17.4 Å². The predicted octanol–water partition coefficient (Wildman–Crippen LogP) is 1.59. The molecule has 2 aliphatic rings. The molecular formula is C8H8ClN3. The van der Waals surface area contributed by atoms with Gasteiger partial charge in [-0.2, -0.15) is 0 Å². The Balaban J connectivity index is 2.18. The van der Waals surface area contributed by atoms with Crippen molar-refractivity contribution < 1.29 is 0 Å². The Morgan fingerprint density at radius 1 is 1.50 bits per heavy atom. The molecule has 1 spiro atoms. The summed E-state index contributed by atoms with van der Waals surface area (Å²) in [6, 6.07) is 0. The fourth-order valence-electron chi connectivity index (χ4n) is 1.83. The Morgan fingerprint density at radius 2 is 2.33 bits per heavy atom. The molecule has 62 valence electrons. The number of nitrogens with zero attached hydrogens (tertiary/aromatic N) is 2. The average Bonchev–Trinajstić information content (AvgIpc) is 2.73. The summed E-state index contributed by atoms with van der Waals surface area (Å²) < 4.78 is 0. The Labute approximate surface area is 75.2 Å². The molecule has 0 unspecified atom stereocenters. The first-order valence-electron chi connectivity index (χ1n) is 4.07. The van der Waals surface area contributed by atoms with E-state index in [9.17, 15) is 0 Å². The van der Waals surface area contributed by atoms with Crippen LogP contribution in [0.15, 0.2) is 6.20 Å². The van der Waals surface area contributed by atoms with E-state index in [1.165, 1.54) is 18.4 Å². The summed E-state index contributed by atoms with van der Waals surface area (Å²) in [5.41, 5.74) is 1.63. The van der Waals surface area contributed by atoms with Gasteiger partial charge in [0.05, 0.1) is 0 Å². The summed E-state index contributed by atoms with van der Waals surface area (Å²) in [4.78, 5) is 8.13. The quantitative estimate of drug-likeness (QED) is 0.618. The topological polar surface area (TPSA) is 37.8 Å². The first-order valence-corrected chi connectivity index (χ1v) is 4.45. The number of halogens is 1. The van der Waals surface area contributed by atoms with Crippen LogP contribution in [0.4, 0.5) is 5.82 Å². The van der Waals surface area contributed by atoms with Crippen molar-refractivity contribution in [3.8, 4) is 0 Å². The van der Waals surface area contributed by atoms with Gasteiger partial charge in [-0.1, -0.05) is 0 Å². The third-order valence-electron chi connectivity index (χ3n) is 2.78. The number of fused-ring (bicyclic) bond motifs is 2. The van der Waals surface area contributed by atoms with Crippen molar-refractivity contribution in [1.82, 2.24) is 9.97 Å². The molecule has 0 aromatic carbocycles. The normalized spacial score (nSPS) is 22.1. The lowest BCUT2D eigenvalue weighted by atomic mass is 10.0.